The molecule has 0 aliphatic heterocycles. The lowest BCUT2D eigenvalue weighted by Crippen LogP contribution is -2.30. The Morgan fingerprint density at radius 1 is 1.15 bits per heavy atom. The lowest BCUT2D eigenvalue weighted by Gasteiger charge is -2.22. The minimum Gasteiger partial charge on any atom is -0.497 e. The molecular weight excluding hydrogens is 378 g/mol. The zero-order valence-corrected chi connectivity index (χ0v) is 16.3. The number of halogens is 2. The van der Waals surface area contributed by atoms with E-state index < -0.39 is 5.76 Å². The Hall–Kier alpha value is -2.06. The zero-order chi connectivity index (χ0) is 19.1. The third kappa shape index (κ3) is 5.74. The monoisotopic (exact) mass is 398 g/mol. The van der Waals surface area contributed by atoms with E-state index in [1.54, 1.807) is 38.5 Å². The van der Waals surface area contributed by atoms with Crippen LogP contribution in [0.25, 0.3) is 0 Å². The van der Waals surface area contributed by atoms with E-state index in [1.807, 2.05) is 30.1 Å². The quantitative estimate of drug-likeness (QED) is 0.531. The maximum absolute atomic E-state index is 12.4. The molecule has 0 aliphatic carbocycles. The fourth-order valence-corrected chi connectivity index (χ4v) is 2.93. The lowest BCUT2D eigenvalue weighted by molar-refractivity contribution is 0.252. The van der Waals surface area contributed by atoms with Crippen molar-refractivity contribution in [2.75, 3.05) is 26.6 Å². The molecule has 0 spiro atoms. The summed E-state index contributed by atoms with van der Waals surface area (Å²) in [7, 11) is 5.07. The normalized spacial score (nSPS) is 10.5. The summed E-state index contributed by atoms with van der Waals surface area (Å²) in [5.74, 6) is -0.997. The van der Waals surface area contributed by atoms with Crippen molar-refractivity contribution < 1.29 is 18.3 Å². The molecule has 0 heterocycles. The number of rotatable bonds is 7. The molecule has 0 fully saturated rings. The number of hydrogen-bond donors (Lipinski definition) is 1. The topological polar surface area (TPSA) is 33.7 Å². The van der Waals surface area contributed by atoms with Crippen molar-refractivity contribution in [1.82, 2.24) is 4.90 Å². The van der Waals surface area contributed by atoms with Gasteiger partial charge < -0.3 is 19.7 Å². The molecule has 2 rings (SSSR count). The summed E-state index contributed by atoms with van der Waals surface area (Å²) in [5, 5.41) is 3.61. The van der Waals surface area contributed by atoms with Gasteiger partial charge in [-0.2, -0.15) is 8.78 Å². The van der Waals surface area contributed by atoms with Crippen LogP contribution in [0.5, 0.6) is 11.5 Å². The van der Waals surface area contributed by atoms with Crippen LogP contribution in [-0.4, -0.2) is 37.0 Å². The highest BCUT2D eigenvalue weighted by Gasteiger charge is 2.11. The highest BCUT2D eigenvalue weighted by Crippen LogP contribution is 2.27. The predicted molar refractivity (Wildman–Crippen MR) is 106 cm³/mol. The van der Waals surface area contributed by atoms with Gasteiger partial charge in [0.1, 0.15) is 11.5 Å². The molecule has 8 heteroatoms. The second-order valence-corrected chi connectivity index (χ2v) is 6.82. The van der Waals surface area contributed by atoms with E-state index in [9.17, 15) is 8.78 Å². The van der Waals surface area contributed by atoms with Crippen LogP contribution >= 0.6 is 24.0 Å². The van der Waals surface area contributed by atoms with E-state index >= 15 is 0 Å². The van der Waals surface area contributed by atoms with Gasteiger partial charge in [-0.05, 0) is 48.6 Å². The van der Waals surface area contributed by atoms with E-state index in [1.165, 1.54) is 0 Å². The number of hydrogen-bond acceptors (Lipinski definition) is 4. The van der Waals surface area contributed by atoms with Crippen LogP contribution < -0.4 is 14.8 Å². The summed E-state index contributed by atoms with van der Waals surface area (Å²) in [6, 6.07) is 12.3. The fraction of sp³-hybridized carbons (Fsp3) is 0.278. The van der Waals surface area contributed by atoms with Gasteiger partial charge in [-0.3, -0.25) is 0 Å². The minimum absolute atomic E-state index is 0.507. The number of nitrogens with one attached hydrogen (secondary N) is 1. The molecular formula is C18H20F2N2O2S2. The SMILES string of the molecule is COc1ccc(CN(C)C(=S)Nc2ccc(SC(F)F)cc2)c(OC)c1. The van der Waals surface area contributed by atoms with Gasteiger partial charge in [-0.25, -0.2) is 0 Å². The molecule has 0 atom stereocenters. The molecule has 1 N–H and O–H groups in total. The van der Waals surface area contributed by atoms with Gasteiger partial charge in [-0.1, -0.05) is 11.8 Å². The molecule has 0 aromatic heterocycles. The summed E-state index contributed by atoms with van der Waals surface area (Å²) in [6.45, 7) is 0.540. The summed E-state index contributed by atoms with van der Waals surface area (Å²) in [5.41, 5.74) is 1.70. The molecule has 0 radical (unpaired) electrons. The van der Waals surface area contributed by atoms with Crippen LogP contribution in [0.15, 0.2) is 47.4 Å². The molecule has 0 unspecified atom stereocenters. The largest absolute Gasteiger partial charge is 0.497 e. The van der Waals surface area contributed by atoms with Gasteiger partial charge in [0, 0.05) is 35.8 Å². The van der Waals surface area contributed by atoms with Gasteiger partial charge in [-0.15, -0.1) is 0 Å². The number of nitrogens with zero attached hydrogens (tertiary/aromatic N) is 1. The standard InChI is InChI=1S/C18H20F2N2O2S2/c1-22(11-12-4-7-14(23-2)10-16(12)24-3)18(25)21-13-5-8-15(9-6-13)26-17(19)20/h4-10,17H,11H2,1-3H3,(H,21,25). The van der Waals surface area contributed by atoms with Crippen LogP contribution in [0.4, 0.5) is 14.5 Å². The number of thiocarbonyl (C=S) groups is 1. The van der Waals surface area contributed by atoms with Crippen molar-refractivity contribution in [2.24, 2.45) is 0 Å². The predicted octanol–water partition coefficient (Wildman–Crippen LogP) is 4.85. The number of alkyl halides is 2. The molecule has 0 amide bonds. The van der Waals surface area contributed by atoms with Crippen LogP contribution in [0.3, 0.4) is 0 Å². The highest BCUT2D eigenvalue weighted by molar-refractivity contribution is 7.99. The molecule has 4 nitrogen and oxygen atoms in total. The molecule has 0 bridgehead atoms. The summed E-state index contributed by atoms with van der Waals surface area (Å²) < 4.78 is 35.3. The number of methoxy groups -OCH3 is 2. The Labute approximate surface area is 161 Å². The number of benzene rings is 2. The van der Waals surface area contributed by atoms with Crippen molar-refractivity contribution >= 4 is 34.8 Å². The first kappa shape index (κ1) is 20.3. The lowest BCUT2D eigenvalue weighted by atomic mass is 10.2. The van der Waals surface area contributed by atoms with E-state index in [0.717, 1.165) is 17.0 Å². The Bertz CT molecular complexity index is 742. The maximum atomic E-state index is 12.4. The number of ether oxygens (including phenoxy) is 2. The number of thioether (sulfide) groups is 1. The molecule has 140 valence electrons. The first-order valence-electron chi connectivity index (χ1n) is 7.71. The van der Waals surface area contributed by atoms with Crippen molar-refractivity contribution in [3.8, 4) is 11.5 Å². The first-order valence-corrected chi connectivity index (χ1v) is 8.99. The smallest absolute Gasteiger partial charge is 0.288 e. The summed E-state index contributed by atoms with van der Waals surface area (Å²) >= 11 is 5.93. The minimum atomic E-state index is -2.43. The van der Waals surface area contributed by atoms with Gasteiger partial charge in [0.2, 0.25) is 0 Å². The molecule has 0 aliphatic rings. The van der Waals surface area contributed by atoms with Crippen LogP contribution in [0.2, 0.25) is 0 Å². The Kier molecular flexibility index (Phi) is 7.47. The number of anilines is 1. The molecule has 26 heavy (non-hydrogen) atoms. The second-order valence-electron chi connectivity index (χ2n) is 5.37. The Morgan fingerprint density at radius 2 is 1.85 bits per heavy atom. The van der Waals surface area contributed by atoms with Gasteiger partial charge in [0.25, 0.3) is 5.76 Å². The molecule has 2 aromatic carbocycles. The Morgan fingerprint density at radius 3 is 2.42 bits per heavy atom. The van der Waals surface area contributed by atoms with Crippen LogP contribution in [0.1, 0.15) is 5.56 Å². The summed E-state index contributed by atoms with van der Waals surface area (Å²) in [4.78, 5) is 2.37. The molecule has 2 aromatic rings. The molecule has 0 saturated carbocycles. The van der Waals surface area contributed by atoms with Crippen molar-refractivity contribution in [2.45, 2.75) is 17.2 Å². The van der Waals surface area contributed by atoms with Crippen molar-refractivity contribution in [3.63, 3.8) is 0 Å². The Balaban J connectivity index is 1.99. The van der Waals surface area contributed by atoms with E-state index in [2.05, 4.69) is 5.32 Å². The third-order valence-electron chi connectivity index (χ3n) is 3.58. The van der Waals surface area contributed by atoms with E-state index in [-0.39, 0.29) is 0 Å². The third-order valence-corrected chi connectivity index (χ3v) is 4.72. The van der Waals surface area contributed by atoms with Crippen molar-refractivity contribution in [1.29, 1.82) is 0 Å². The van der Waals surface area contributed by atoms with Crippen molar-refractivity contribution in [3.05, 3.63) is 48.0 Å². The maximum Gasteiger partial charge on any atom is 0.288 e. The van der Waals surface area contributed by atoms with Gasteiger partial charge >= 0.3 is 0 Å². The highest BCUT2D eigenvalue weighted by atomic mass is 32.2. The first-order chi connectivity index (χ1) is 12.4. The van der Waals surface area contributed by atoms with Crippen LogP contribution in [0, 0.1) is 0 Å². The molecule has 0 saturated heterocycles. The van der Waals surface area contributed by atoms with Gasteiger partial charge in [0.15, 0.2) is 5.11 Å². The van der Waals surface area contributed by atoms with Gasteiger partial charge in [0.05, 0.1) is 14.2 Å². The van der Waals surface area contributed by atoms with E-state index in [4.69, 9.17) is 21.7 Å². The average molecular weight is 399 g/mol. The summed E-state index contributed by atoms with van der Waals surface area (Å²) in [6.07, 6.45) is 0. The van der Waals surface area contributed by atoms with E-state index in [0.29, 0.717) is 34.1 Å². The zero-order valence-electron chi connectivity index (χ0n) is 14.7. The fourth-order valence-electron chi connectivity index (χ4n) is 2.25. The van der Waals surface area contributed by atoms with Crippen LogP contribution in [-0.2, 0) is 6.54 Å². The average Bonchev–Trinajstić information content (AvgIpc) is 2.63. The second kappa shape index (κ2) is 9.59.